The number of thioether (sulfide) groups is 1. The van der Waals surface area contributed by atoms with E-state index in [-0.39, 0.29) is 11.9 Å². The van der Waals surface area contributed by atoms with Crippen LogP contribution >= 0.6 is 11.8 Å². The Balaban J connectivity index is 1.87. The lowest BCUT2D eigenvalue weighted by Gasteiger charge is -2.23. The molecule has 2 heterocycles. The Hall–Kier alpha value is -1.82. The number of carbonyl (C=O) groups is 1. The van der Waals surface area contributed by atoms with Crippen molar-refractivity contribution < 1.29 is 9.21 Å². The summed E-state index contributed by atoms with van der Waals surface area (Å²) in [5, 5.41) is 3.84. The summed E-state index contributed by atoms with van der Waals surface area (Å²) in [7, 11) is 0. The molecular formula is C17H21N3O2S. The van der Waals surface area contributed by atoms with Gasteiger partial charge < -0.3 is 9.73 Å². The van der Waals surface area contributed by atoms with Crippen molar-refractivity contribution in [2.75, 3.05) is 6.26 Å². The van der Waals surface area contributed by atoms with Gasteiger partial charge in [0.25, 0.3) is 5.91 Å². The molecule has 2 aromatic rings. The van der Waals surface area contributed by atoms with Crippen LogP contribution in [0.25, 0.3) is 11.6 Å². The van der Waals surface area contributed by atoms with Crippen molar-refractivity contribution >= 4 is 17.7 Å². The standard InChI is InChI=1S/C17H21N3O2S/c1-11-14(16(21)19-12-7-4-3-5-8-12)17(23-2)20-15(18-11)13-9-6-10-22-13/h6,9-10,12H,3-5,7-8H2,1-2H3,(H,19,21). The zero-order chi connectivity index (χ0) is 16.2. The van der Waals surface area contributed by atoms with Gasteiger partial charge in [-0.2, -0.15) is 0 Å². The largest absolute Gasteiger partial charge is 0.461 e. The van der Waals surface area contributed by atoms with Crippen LogP contribution in [-0.4, -0.2) is 28.2 Å². The van der Waals surface area contributed by atoms with Gasteiger partial charge in [-0.25, -0.2) is 9.97 Å². The minimum Gasteiger partial charge on any atom is -0.461 e. The van der Waals surface area contributed by atoms with Crippen molar-refractivity contribution in [1.29, 1.82) is 0 Å². The van der Waals surface area contributed by atoms with E-state index in [9.17, 15) is 4.79 Å². The van der Waals surface area contributed by atoms with E-state index in [2.05, 4.69) is 15.3 Å². The highest BCUT2D eigenvalue weighted by atomic mass is 32.2. The zero-order valence-electron chi connectivity index (χ0n) is 13.5. The molecule has 2 aromatic heterocycles. The Morgan fingerprint density at radius 3 is 2.74 bits per heavy atom. The third-order valence-electron chi connectivity index (χ3n) is 4.16. The summed E-state index contributed by atoms with van der Waals surface area (Å²) in [6.07, 6.45) is 9.28. The number of nitrogens with zero attached hydrogens (tertiary/aromatic N) is 2. The first-order chi connectivity index (χ1) is 11.2. The van der Waals surface area contributed by atoms with Gasteiger partial charge in [-0.15, -0.1) is 11.8 Å². The van der Waals surface area contributed by atoms with Gasteiger partial charge in [0, 0.05) is 6.04 Å². The molecule has 1 saturated carbocycles. The Labute approximate surface area is 140 Å². The van der Waals surface area contributed by atoms with Gasteiger partial charge in [0.15, 0.2) is 11.6 Å². The number of amides is 1. The minimum absolute atomic E-state index is 0.0651. The molecule has 0 aliphatic heterocycles. The van der Waals surface area contributed by atoms with Crippen molar-refractivity contribution in [3.63, 3.8) is 0 Å². The lowest BCUT2D eigenvalue weighted by atomic mass is 9.95. The maximum Gasteiger partial charge on any atom is 0.256 e. The monoisotopic (exact) mass is 331 g/mol. The summed E-state index contributed by atoms with van der Waals surface area (Å²) >= 11 is 1.46. The maximum absolute atomic E-state index is 12.7. The number of hydrogen-bond donors (Lipinski definition) is 1. The molecule has 1 amide bonds. The number of hydrogen-bond acceptors (Lipinski definition) is 5. The highest BCUT2D eigenvalue weighted by molar-refractivity contribution is 7.98. The van der Waals surface area contributed by atoms with Crippen LogP contribution in [-0.2, 0) is 0 Å². The van der Waals surface area contributed by atoms with Crippen molar-refractivity contribution in [2.45, 2.75) is 50.1 Å². The van der Waals surface area contributed by atoms with Crippen LogP contribution < -0.4 is 5.32 Å². The second kappa shape index (κ2) is 7.17. The molecule has 1 aliphatic carbocycles. The van der Waals surface area contributed by atoms with E-state index in [4.69, 9.17) is 4.42 Å². The molecule has 6 heteroatoms. The lowest BCUT2D eigenvalue weighted by Crippen LogP contribution is -2.37. The van der Waals surface area contributed by atoms with Gasteiger partial charge in [-0.1, -0.05) is 19.3 Å². The van der Waals surface area contributed by atoms with E-state index in [1.165, 1.54) is 31.0 Å². The van der Waals surface area contributed by atoms with Crippen LogP contribution in [0.5, 0.6) is 0 Å². The molecule has 0 bridgehead atoms. The normalized spacial score (nSPS) is 15.6. The Kier molecular flexibility index (Phi) is 5.00. The second-order valence-electron chi connectivity index (χ2n) is 5.80. The molecular weight excluding hydrogens is 310 g/mol. The average Bonchev–Trinajstić information content (AvgIpc) is 3.09. The number of rotatable bonds is 4. The lowest BCUT2D eigenvalue weighted by molar-refractivity contribution is 0.0923. The smallest absolute Gasteiger partial charge is 0.256 e. The van der Waals surface area contributed by atoms with Gasteiger partial charge in [0.1, 0.15) is 5.03 Å². The van der Waals surface area contributed by atoms with Crippen LogP contribution in [0.3, 0.4) is 0 Å². The van der Waals surface area contributed by atoms with Crippen LogP contribution in [0.15, 0.2) is 27.8 Å². The fourth-order valence-electron chi connectivity index (χ4n) is 2.98. The minimum atomic E-state index is -0.0651. The molecule has 1 fully saturated rings. The quantitative estimate of drug-likeness (QED) is 0.681. The fraction of sp³-hybridized carbons (Fsp3) is 0.471. The molecule has 0 atom stereocenters. The molecule has 0 saturated heterocycles. The third-order valence-corrected chi connectivity index (χ3v) is 4.84. The van der Waals surface area contributed by atoms with Gasteiger partial charge in [0.05, 0.1) is 17.5 Å². The number of furan rings is 1. The predicted molar refractivity (Wildman–Crippen MR) is 90.6 cm³/mol. The van der Waals surface area contributed by atoms with E-state index in [1.807, 2.05) is 19.2 Å². The predicted octanol–water partition coefficient (Wildman–Crippen LogP) is 3.83. The van der Waals surface area contributed by atoms with Crippen LogP contribution in [0, 0.1) is 6.92 Å². The van der Waals surface area contributed by atoms with Gasteiger partial charge in [-0.3, -0.25) is 4.79 Å². The first-order valence-corrected chi connectivity index (χ1v) is 9.19. The topological polar surface area (TPSA) is 68.0 Å². The number of nitrogens with one attached hydrogen (secondary N) is 1. The fourth-order valence-corrected chi connectivity index (χ4v) is 3.60. The Morgan fingerprint density at radius 2 is 2.09 bits per heavy atom. The van der Waals surface area contributed by atoms with E-state index in [0.717, 1.165) is 12.8 Å². The van der Waals surface area contributed by atoms with Gasteiger partial charge in [-0.05, 0) is 38.2 Å². The van der Waals surface area contributed by atoms with Crippen molar-refractivity contribution in [3.8, 4) is 11.6 Å². The Bertz CT molecular complexity index is 679. The molecule has 0 aromatic carbocycles. The first-order valence-electron chi connectivity index (χ1n) is 7.96. The zero-order valence-corrected chi connectivity index (χ0v) is 14.3. The molecule has 3 rings (SSSR count). The summed E-state index contributed by atoms with van der Waals surface area (Å²) in [6, 6.07) is 3.90. The van der Waals surface area contributed by atoms with Gasteiger partial charge >= 0.3 is 0 Å². The van der Waals surface area contributed by atoms with E-state index in [1.54, 1.807) is 12.3 Å². The van der Waals surface area contributed by atoms with Crippen LogP contribution in [0.1, 0.15) is 48.2 Å². The van der Waals surface area contributed by atoms with Crippen LogP contribution in [0.4, 0.5) is 0 Å². The number of carbonyl (C=O) groups excluding carboxylic acids is 1. The summed E-state index contributed by atoms with van der Waals surface area (Å²) < 4.78 is 5.36. The van der Waals surface area contributed by atoms with Gasteiger partial charge in [0.2, 0.25) is 0 Å². The van der Waals surface area contributed by atoms with E-state index in [0.29, 0.717) is 27.9 Å². The SMILES string of the molecule is CSc1nc(-c2ccco2)nc(C)c1C(=O)NC1CCCCC1. The molecule has 122 valence electrons. The number of aromatic nitrogens is 2. The molecule has 5 nitrogen and oxygen atoms in total. The first kappa shape index (κ1) is 16.1. The van der Waals surface area contributed by atoms with Crippen LogP contribution in [0.2, 0.25) is 0 Å². The summed E-state index contributed by atoms with van der Waals surface area (Å²) in [5.41, 5.74) is 1.27. The highest BCUT2D eigenvalue weighted by Gasteiger charge is 2.23. The third kappa shape index (κ3) is 3.58. The summed E-state index contributed by atoms with van der Waals surface area (Å²) in [6.45, 7) is 1.85. The average molecular weight is 331 g/mol. The number of aryl methyl sites for hydroxylation is 1. The van der Waals surface area contributed by atoms with Crippen molar-refractivity contribution in [3.05, 3.63) is 29.7 Å². The second-order valence-corrected chi connectivity index (χ2v) is 6.60. The summed E-state index contributed by atoms with van der Waals surface area (Å²) in [4.78, 5) is 21.6. The van der Waals surface area contributed by atoms with Crippen molar-refractivity contribution in [2.24, 2.45) is 0 Å². The molecule has 1 N–H and O–H groups in total. The van der Waals surface area contributed by atoms with Crippen molar-refractivity contribution in [1.82, 2.24) is 15.3 Å². The maximum atomic E-state index is 12.7. The summed E-state index contributed by atoms with van der Waals surface area (Å²) in [5.74, 6) is 1.07. The van der Waals surface area contributed by atoms with E-state index >= 15 is 0 Å². The molecule has 0 spiro atoms. The molecule has 1 aliphatic rings. The molecule has 0 radical (unpaired) electrons. The highest BCUT2D eigenvalue weighted by Crippen LogP contribution is 2.26. The Morgan fingerprint density at radius 1 is 1.30 bits per heavy atom. The van der Waals surface area contributed by atoms with E-state index < -0.39 is 0 Å². The molecule has 0 unspecified atom stereocenters. The molecule has 23 heavy (non-hydrogen) atoms.